The number of carbonyl (C=O) groups is 2. The Balaban J connectivity index is 0.00000158. The van der Waals surface area contributed by atoms with Crippen LogP contribution in [0.15, 0.2) is 71.1 Å². The van der Waals surface area contributed by atoms with Crippen LogP contribution < -0.4 is 10.6 Å². The maximum absolute atomic E-state index is 12.9. The summed E-state index contributed by atoms with van der Waals surface area (Å²) in [5, 5.41) is 23.1. The van der Waals surface area contributed by atoms with Gasteiger partial charge in [-0.25, -0.2) is 0 Å². The Bertz CT molecular complexity index is 958. The van der Waals surface area contributed by atoms with Crippen LogP contribution in [0.5, 0.6) is 0 Å². The van der Waals surface area contributed by atoms with Gasteiger partial charge in [-0.2, -0.15) is 0 Å². The van der Waals surface area contributed by atoms with Crippen LogP contribution in [0.2, 0.25) is 0 Å². The van der Waals surface area contributed by atoms with Gasteiger partial charge in [0.05, 0.1) is 0 Å². The van der Waals surface area contributed by atoms with Crippen LogP contribution in [-0.2, 0) is 31.3 Å². The fourth-order valence-electron chi connectivity index (χ4n) is 4.44. The van der Waals surface area contributed by atoms with Gasteiger partial charge in [-0.1, -0.05) is 78.7 Å². The first-order valence-corrected chi connectivity index (χ1v) is 14.6. The van der Waals surface area contributed by atoms with Crippen LogP contribution >= 0.6 is 0 Å². The van der Waals surface area contributed by atoms with E-state index in [1.807, 2.05) is 48.9 Å². The number of hydrogen-bond donors (Lipinski definition) is 4. The smallest absolute Gasteiger partial charge is 0.190 e. The molecule has 6 nitrogen and oxygen atoms in total. The zero-order chi connectivity index (χ0) is 30.7. The van der Waals surface area contributed by atoms with Crippen molar-refractivity contribution in [2.75, 3.05) is 0 Å². The molecule has 0 heterocycles. The molecule has 0 aliphatic heterocycles. The number of carbonyl (C=O) groups excluding carboxylic acids is 2. The summed E-state index contributed by atoms with van der Waals surface area (Å²) in [5.74, 6) is 0.184. The van der Waals surface area contributed by atoms with Crippen molar-refractivity contribution in [2.45, 2.75) is 119 Å². The van der Waals surface area contributed by atoms with E-state index < -0.39 is 0 Å². The molecule has 0 spiro atoms. The molecular formula is C34H54N2O4Ti. The molecule has 3 aliphatic carbocycles. The van der Waals surface area contributed by atoms with Crippen molar-refractivity contribution in [3.63, 3.8) is 0 Å². The Morgan fingerprint density at radius 2 is 1.00 bits per heavy atom. The summed E-state index contributed by atoms with van der Waals surface area (Å²) in [7, 11) is 0. The Hall–Kier alpha value is -1.99. The van der Waals surface area contributed by atoms with E-state index in [1.54, 1.807) is 27.7 Å². The van der Waals surface area contributed by atoms with Crippen molar-refractivity contribution >= 4 is 11.6 Å². The van der Waals surface area contributed by atoms with Crippen LogP contribution in [0.3, 0.4) is 0 Å². The van der Waals surface area contributed by atoms with E-state index >= 15 is 0 Å². The average molecular weight is 603 g/mol. The van der Waals surface area contributed by atoms with Gasteiger partial charge in [-0.05, 0) is 63.5 Å². The fourth-order valence-corrected chi connectivity index (χ4v) is 4.44. The molecule has 1 saturated carbocycles. The van der Waals surface area contributed by atoms with Crippen molar-refractivity contribution in [3.05, 3.63) is 71.1 Å². The van der Waals surface area contributed by atoms with E-state index in [9.17, 15) is 9.59 Å². The molecule has 0 saturated heterocycles. The van der Waals surface area contributed by atoms with Crippen LogP contribution in [0.4, 0.5) is 0 Å². The number of aliphatic hydroxyl groups excluding tert-OH is 2. The third-order valence-electron chi connectivity index (χ3n) is 6.38. The van der Waals surface area contributed by atoms with E-state index in [0.717, 1.165) is 36.8 Å². The summed E-state index contributed by atoms with van der Waals surface area (Å²) in [6.45, 7) is 19.3. The minimum Gasteiger partial charge on any atom is -0.394 e. The molecule has 0 aromatic rings. The molecular weight excluding hydrogens is 548 g/mol. The fraction of sp³-hybridized carbons (Fsp3) is 0.588. The molecule has 3 rings (SSSR count). The van der Waals surface area contributed by atoms with Gasteiger partial charge in [0.1, 0.15) is 0 Å². The molecule has 3 aliphatic rings. The number of hydrogen-bond acceptors (Lipinski definition) is 6. The summed E-state index contributed by atoms with van der Waals surface area (Å²) in [6.07, 6.45) is 19.3. The van der Waals surface area contributed by atoms with Crippen LogP contribution in [0.1, 0.15) is 94.9 Å². The predicted molar refractivity (Wildman–Crippen MR) is 167 cm³/mol. The molecule has 7 heteroatoms. The minimum absolute atomic E-state index is 0. The van der Waals surface area contributed by atoms with Gasteiger partial charge in [0.25, 0.3) is 0 Å². The number of Topliss-reactive ketones (excluding diaryl/α,β-unsaturated/α-hetero) is 2. The molecule has 0 aromatic carbocycles. The summed E-state index contributed by atoms with van der Waals surface area (Å²) in [4.78, 5) is 25.8. The zero-order valence-electron chi connectivity index (χ0n) is 27.0. The summed E-state index contributed by atoms with van der Waals surface area (Å²) in [6, 6.07) is 0.414. The van der Waals surface area contributed by atoms with E-state index in [2.05, 4.69) is 52.2 Å². The first kappa shape index (κ1) is 39.0. The average Bonchev–Trinajstić information content (AvgIpc) is 2.81. The third-order valence-corrected chi connectivity index (χ3v) is 6.38. The molecule has 0 amide bonds. The Morgan fingerprint density at radius 3 is 1.27 bits per heavy atom. The maximum Gasteiger partial charge on any atom is 0.190 e. The number of allylic oxidation sites excluding steroid dienone is 10. The topological polar surface area (TPSA) is 98.7 Å². The normalized spacial score (nSPS) is 22.8. The van der Waals surface area contributed by atoms with Gasteiger partial charge in [0, 0.05) is 80.7 Å². The van der Waals surface area contributed by atoms with Crippen molar-refractivity contribution in [1.29, 1.82) is 0 Å². The Morgan fingerprint density at radius 1 is 0.707 bits per heavy atom. The standard InChI is InChI=1S/C28H38N2O2.2C3H8O.Ti/c1-27(2,3)21-13-9-11-19(25(21)31)17-29-23-15-7-8-16-24(23)30-18-20-12-10-14-22(26(20)32)28(4,5)6;2*1-3(2)4;/h9-14,17-18,23-24,29-30H,7-8,15-16H2,1-6H3;2*3-4H,1-2H3;/b19-17-,20-18-;;;/t23-,24-;;;/m1.../s1. The molecule has 2 atom stereocenters. The van der Waals surface area contributed by atoms with E-state index in [-0.39, 0.29) is 68.4 Å². The molecule has 0 unspecified atom stereocenters. The van der Waals surface area contributed by atoms with Gasteiger partial charge in [-0.3, -0.25) is 9.59 Å². The summed E-state index contributed by atoms with van der Waals surface area (Å²) < 4.78 is 0. The number of nitrogens with one attached hydrogen (secondary N) is 2. The molecule has 41 heavy (non-hydrogen) atoms. The second-order valence-electron chi connectivity index (χ2n) is 13.3. The van der Waals surface area contributed by atoms with Gasteiger partial charge >= 0.3 is 0 Å². The summed E-state index contributed by atoms with van der Waals surface area (Å²) in [5.41, 5.74) is 2.71. The predicted octanol–water partition coefficient (Wildman–Crippen LogP) is 6.24. The molecule has 0 bridgehead atoms. The zero-order valence-corrected chi connectivity index (χ0v) is 28.5. The van der Waals surface area contributed by atoms with Gasteiger partial charge in [0.15, 0.2) is 11.6 Å². The number of rotatable bonds is 4. The van der Waals surface area contributed by atoms with E-state index in [4.69, 9.17) is 10.2 Å². The first-order valence-electron chi connectivity index (χ1n) is 14.6. The third kappa shape index (κ3) is 14.2. The molecule has 228 valence electrons. The van der Waals surface area contributed by atoms with Gasteiger partial charge in [0.2, 0.25) is 0 Å². The molecule has 0 aromatic heterocycles. The molecule has 0 radical (unpaired) electrons. The van der Waals surface area contributed by atoms with Crippen molar-refractivity contribution in [3.8, 4) is 0 Å². The monoisotopic (exact) mass is 602 g/mol. The van der Waals surface area contributed by atoms with Crippen molar-refractivity contribution in [2.24, 2.45) is 10.8 Å². The van der Waals surface area contributed by atoms with Crippen molar-refractivity contribution < 1.29 is 41.5 Å². The number of ketones is 2. The second kappa shape index (κ2) is 17.9. The van der Waals surface area contributed by atoms with E-state index in [0.29, 0.717) is 11.1 Å². The van der Waals surface area contributed by atoms with Crippen LogP contribution in [0, 0.1) is 10.8 Å². The van der Waals surface area contributed by atoms with Crippen LogP contribution in [-0.4, -0.2) is 46.1 Å². The minimum atomic E-state index is -0.178. The Kier molecular flexibility index (Phi) is 17.0. The van der Waals surface area contributed by atoms with Crippen molar-refractivity contribution in [1.82, 2.24) is 10.6 Å². The number of aliphatic hydroxyl groups is 2. The largest absolute Gasteiger partial charge is 0.394 e. The van der Waals surface area contributed by atoms with Crippen LogP contribution in [0.25, 0.3) is 0 Å². The van der Waals surface area contributed by atoms with Gasteiger partial charge < -0.3 is 20.8 Å². The maximum atomic E-state index is 12.9. The SMILES string of the molecule is CC(C)(C)C1=CC=C/C(=C/N[C@@H]2CCCC[C@H]2N/C=C2/C=CC=C(C(C)(C)C)C2=O)C1=O.CC(C)O.CC(C)O.[Ti]. The molecule has 1 fully saturated rings. The molecule has 4 N–H and O–H groups in total. The van der Waals surface area contributed by atoms with E-state index in [1.165, 1.54) is 0 Å². The quantitative estimate of drug-likeness (QED) is 0.225. The Labute approximate surface area is 264 Å². The second-order valence-corrected chi connectivity index (χ2v) is 13.3. The summed E-state index contributed by atoms with van der Waals surface area (Å²) >= 11 is 0. The van der Waals surface area contributed by atoms with Gasteiger partial charge in [-0.15, -0.1) is 0 Å². The first-order chi connectivity index (χ1) is 18.4.